The molecule has 0 aliphatic carbocycles. The molecule has 2 heterocycles. The molecule has 0 fully saturated rings. The number of aliphatic imine (C=N–C) groups is 2. The lowest BCUT2D eigenvalue weighted by Gasteiger charge is -2.12. The summed E-state index contributed by atoms with van der Waals surface area (Å²) in [6.45, 7) is 4.21. The average molecular weight is 504 g/mol. The van der Waals surface area contributed by atoms with Gasteiger partial charge in [0.05, 0.1) is 22.3 Å². The van der Waals surface area contributed by atoms with Crippen LogP contribution in [-0.2, 0) is 6.67 Å². The molecule has 7 aromatic rings. The Bertz CT molecular complexity index is 1970. The summed E-state index contributed by atoms with van der Waals surface area (Å²) in [6, 6.07) is 40.4. The normalized spacial score (nSPS) is 11.9. The fraction of sp³-hybridized carbons (Fsp3) is 0.0286. The fourth-order valence-corrected chi connectivity index (χ4v) is 5.53. The molecule has 0 unspecified atom stereocenters. The second kappa shape index (κ2) is 9.58. The monoisotopic (exact) mass is 503 g/mol. The van der Waals surface area contributed by atoms with Gasteiger partial charge in [0, 0.05) is 16.3 Å². The van der Waals surface area contributed by atoms with Gasteiger partial charge in [0.2, 0.25) is 0 Å². The molecule has 5 aromatic carbocycles. The zero-order valence-corrected chi connectivity index (χ0v) is 21.3. The molecule has 0 atom stereocenters. The Morgan fingerprint density at radius 2 is 1.36 bits per heavy atom. The molecular weight excluding hydrogens is 478 g/mol. The van der Waals surface area contributed by atoms with Crippen molar-refractivity contribution in [2.24, 2.45) is 9.98 Å². The summed E-state index contributed by atoms with van der Waals surface area (Å²) in [4.78, 5) is 9.43. The Morgan fingerprint density at radius 3 is 2.13 bits per heavy atom. The predicted molar refractivity (Wildman–Crippen MR) is 162 cm³/mol. The first-order valence-electron chi connectivity index (χ1n) is 12.9. The second-order valence-corrected chi connectivity index (χ2v) is 9.55. The van der Waals surface area contributed by atoms with Crippen LogP contribution in [0.4, 0.5) is 5.69 Å². The number of rotatable bonds is 6. The highest BCUT2D eigenvalue weighted by Gasteiger charge is 2.16. The highest BCUT2D eigenvalue weighted by atomic mass is 16.3. The van der Waals surface area contributed by atoms with Crippen LogP contribution in [0.15, 0.2) is 142 Å². The average Bonchev–Trinajstić information content (AvgIpc) is 3.60. The van der Waals surface area contributed by atoms with Crippen LogP contribution in [0.25, 0.3) is 43.7 Å². The smallest absolute Gasteiger partial charge is 0.117 e. The summed E-state index contributed by atoms with van der Waals surface area (Å²) in [5.41, 5.74) is 7.92. The standard InChI is InChI=1S/C35H25N3O/c1-36-32-22-39-21-31(32)35(37-23-38-33-18-6-4-15-29(33)30-16-5-7-19-34(30)38)26-13-8-12-25(20-26)28-17-9-11-24-10-2-3-14-27(24)28/h2-22H,1,23H2/b37-35-. The van der Waals surface area contributed by atoms with Crippen LogP contribution in [0.3, 0.4) is 0 Å². The molecule has 0 saturated heterocycles. The van der Waals surface area contributed by atoms with E-state index >= 15 is 0 Å². The summed E-state index contributed by atoms with van der Waals surface area (Å²) < 4.78 is 7.83. The van der Waals surface area contributed by atoms with Gasteiger partial charge in [-0.15, -0.1) is 0 Å². The number of fused-ring (bicyclic) bond motifs is 4. The lowest BCUT2D eigenvalue weighted by Crippen LogP contribution is -2.06. The second-order valence-electron chi connectivity index (χ2n) is 9.55. The molecule has 0 saturated carbocycles. The van der Waals surface area contributed by atoms with Crippen LogP contribution in [0.2, 0.25) is 0 Å². The fourth-order valence-electron chi connectivity index (χ4n) is 5.53. The van der Waals surface area contributed by atoms with Crippen molar-refractivity contribution in [2.45, 2.75) is 6.67 Å². The molecule has 0 radical (unpaired) electrons. The summed E-state index contributed by atoms with van der Waals surface area (Å²) in [7, 11) is 0. The molecular formula is C35H25N3O. The maximum atomic E-state index is 5.57. The number of hydrogen-bond donors (Lipinski definition) is 0. The van der Waals surface area contributed by atoms with Gasteiger partial charge in [-0.3, -0.25) is 9.98 Å². The number of para-hydroxylation sites is 2. The lowest BCUT2D eigenvalue weighted by atomic mass is 9.95. The van der Waals surface area contributed by atoms with Gasteiger partial charge in [0.1, 0.15) is 24.9 Å². The lowest BCUT2D eigenvalue weighted by molar-refractivity contribution is 0.567. The third-order valence-electron chi connectivity index (χ3n) is 7.35. The maximum Gasteiger partial charge on any atom is 0.117 e. The van der Waals surface area contributed by atoms with Gasteiger partial charge in [-0.1, -0.05) is 97.1 Å². The minimum absolute atomic E-state index is 0.448. The molecule has 0 N–H and O–H groups in total. The predicted octanol–water partition coefficient (Wildman–Crippen LogP) is 9.03. The van der Waals surface area contributed by atoms with Crippen molar-refractivity contribution in [3.05, 3.63) is 139 Å². The first-order valence-corrected chi connectivity index (χ1v) is 12.9. The van der Waals surface area contributed by atoms with Crippen molar-refractivity contribution >= 4 is 50.7 Å². The zero-order valence-electron chi connectivity index (χ0n) is 21.3. The number of benzene rings is 5. The molecule has 4 nitrogen and oxygen atoms in total. The van der Waals surface area contributed by atoms with E-state index in [1.807, 2.05) is 0 Å². The van der Waals surface area contributed by atoms with Crippen LogP contribution >= 0.6 is 0 Å². The molecule has 0 aliphatic heterocycles. The topological polar surface area (TPSA) is 42.8 Å². The van der Waals surface area contributed by atoms with E-state index in [9.17, 15) is 0 Å². The number of nitrogens with zero attached hydrogens (tertiary/aromatic N) is 3. The largest absolute Gasteiger partial charge is 0.470 e. The Balaban J connectivity index is 1.40. The van der Waals surface area contributed by atoms with Gasteiger partial charge < -0.3 is 8.98 Å². The maximum absolute atomic E-state index is 5.57. The van der Waals surface area contributed by atoms with Crippen molar-refractivity contribution in [3.8, 4) is 11.1 Å². The third-order valence-corrected chi connectivity index (χ3v) is 7.35. The van der Waals surface area contributed by atoms with Crippen LogP contribution in [0.1, 0.15) is 11.1 Å². The van der Waals surface area contributed by atoms with Crippen molar-refractivity contribution in [1.82, 2.24) is 4.57 Å². The Morgan fingerprint density at radius 1 is 0.692 bits per heavy atom. The van der Waals surface area contributed by atoms with Gasteiger partial charge in [-0.05, 0) is 46.8 Å². The van der Waals surface area contributed by atoms with Crippen LogP contribution in [0, 0.1) is 0 Å². The van der Waals surface area contributed by atoms with E-state index in [1.54, 1.807) is 12.5 Å². The molecule has 0 aliphatic rings. The molecule has 39 heavy (non-hydrogen) atoms. The molecule has 2 aromatic heterocycles. The summed E-state index contributed by atoms with van der Waals surface area (Å²) in [5, 5.41) is 4.88. The molecule has 0 spiro atoms. The molecule has 186 valence electrons. The molecule has 0 bridgehead atoms. The van der Waals surface area contributed by atoms with Gasteiger partial charge >= 0.3 is 0 Å². The number of aromatic nitrogens is 1. The van der Waals surface area contributed by atoms with E-state index in [0.717, 1.165) is 33.4 Å². The minimum Gasteiger partial charge on any atom is -0.470 e. The van der Waals surface area contributed by atoms with E-state index in [1.165, 1.54) is 27.1 Å². The first kappa shape index (κ1) is 22.9. The quantitative estimate of drug-likeness (QED) is 0.209. The molecule has 0 amide bonds. The van der Waals surface area contributed by atoms with E-state index in [4.69, 9.17) is 9.41 Å². The van der Waals surface area contributed by atoms with Crippen molar-refractivity contribution in [3.63, 3.8) is 0 Å². The van der Waals surface area contributed by atoms with Gasteiger partial charge in [-0.25, -0.2) is 0 Å². The minimum atomic E-state index is 0.448. The van der Waals surface area contributed by atoms with Crippen molar-refractivity contribution in [1.29, 1.82) is 0 Å². The summed E-state index contributed by atoms with van der Waals surface area (Å²) >= 11 is 0. The zero-order chi connectivity index (χ0) is 26.2. The molecule has 4 heteroatoms. The molecule has 7 rings (SSSR count). The van der Waals surface area contributed by atoms with Crippen LogP contribution < -0.4 is 0 Å². The van der Waals surface area contributed by atoms with E-state index in [0.29, 0.717) is 12.4 Å². The Labute approximate surface area is 226 Å². The van der Waals surface area contributed by atoms with E-state index < -0.39 is 0 Å². The van der Waals surface area contributed by atoms with E-state index in [2.05, 4.69) is 132 Å². The number of furan rings is 1. The van der Waals surface area contributed by atoms with Gasteiger partial charge in [-0.2, -0.15) is 0 Å². The first-order chi connectivity index (χ1) is 19.3. The van der Waals surface area contributed by atoms with E-state index in [-0.39, 0.29) is 0 Å². The Kier molecular flexibility index (Phi) is 5.64. The highest BCUT2D eigenvalue weighted by Crippen LogP contribution is 2.32. The highest BCUT2D eigenvalue weighted by molar-refractivity contribution is 6.16. The summed E-state index contributed by atoms with van der Waals surface area (Å²) in [5.74, 6) is 0. The summed E-state index contributed by atoms with van der Waals surface area (Å²) in [6.07, 6.45) is 3.33. The van der Waals surface area contributed by atoms with Crippen LogP contribution in [-0.4, -0.2) is 17.0 Å². The van der Waals surface area contributed by atoms with Gasteiger partial charge in [0.15, 0.2) is 0 Å². The van der Waals surface area contributed by atoms with Crippen LogP contribution in [0.5, 0.6) is 0 Å². The number of hydrogen-bond acceptors (Lipinski definition) is 3. The third kappa shape index (κ3) is 3.94. The van der Waals surface area contributed by atoms with Crippen molar-refractivity contribution in [2.75, 3.05) is 0 Å². The van der Waals surface area contributed by atoms with Crippen molar-refractivity contribution < 1.29 is 4.42 Å². The SMILES string of the molecule is C=Nc1cocc1/C(=N\Cn1c2ccccc2c2ccccc21)c1cccc(-c2cccc3ccccc23)c1. The Hall–Kier alpha value is -5.22. The van der Waals surface area contributed by atoms with Gasteiger partial charge in [0.25, 0.3) is 0 Å².